The first kappa shape index (κ1) is 14.5. The summed E-state index contributed by atoms with van der Waals surface area (Å²) < 4.78 is 0. The molecule has 19 heavy (non-hydrogen) atoms. The molecule has 1 amide bonds. The monoisotopic (exact) mass is 281 g/mol. The highest BCUT2D eigenvalue weighted by atomic mass is 32.1. The fourth-order valence-corrected chi connectivity index (χ4v) is 3.59. The summed E-state index contributed by atoms with van der Waals surface area (Å²) in [6, 6.07) is 2.07. The molecule has 0 saturated carbocycles. The number of nitrogens with one attached hydrogen (secondary N) is 1. The second-order valence-electron chi connectivity index (χ2n) is 5.23. The summed E-state index contributed by atoms with van der Waals surface area (Å²) in [5, 5.41) is 12.4. The molecule has 4 heteroatoms. The number of fused-ring (bicyclic) bond motifs is 1. The average Bonchev–Trinajstić information content (AvgIpc) is 2.70. The second kappa shape index (κ2) is 7.06. The van der Waals surface area contributed by atoms with Crippen LogP contribution in [0.4, 0.5) is 0 Å². The van der Waals surface area contributed by atoms with Crippen molar-refractivity contribution in [2.75, 3.05) is 6.54 Å². The summed E-state index contributed by atoms with van der Waals surface area (Å²) in [6.07, 6.45) is 7.11. The molecule has 1 aromatic heterocycles. The summed E-state index contributed by atoms with van der Waals surface area (Å²) in [4.78, 5) is 14.3. The van der Waals surface area contributed by atoms with Crippen LogP contribution in [0.25, 0.3) is 0 Å². The van der Waals surface area contributed by atoms with Crippen LogP contribution >= 0.6 is 11.3 Å². The first-order valence-corrected chi connectivity index (χ1v) is 8.10. The van der Waals surface area contributed by atoms with Gasteiger partial charge in [-0.05, 0) is 50.2 Å². The summed E-state index contributed by atoms with van der Waals surface area (Å²) in [7, 11) is 0. The van der Waals surface area contributed by atoms with Crippen LogP contribution in [0.15, 0.2) is 6.07 Å². The Morgan fingerprint density at radius 2 is 2.21 bits per heavy atom. The number of rotatable bonds is 5. The molecule has 0 aromatic carbocycles. The van der Waals surface area contributed by atoms with Crippen molar-refractivity contribution in [1.29, 1.82) is 0 Å². The van der Waals surface area contributed by atoms with Gasteiger partial charge in [0.2, 0.25) is 0 Å². The molecule has 1 aliphatic rings. The van der Waals surface area contributed by atoms with Gasteiger partial charge in [-0.1, -0.05) is 13.3 Å². The van der Waals surface area contributed by atoms with Gasteiger partial charge in [-0.2, -0.15) is 0 Å². The number of amides is 1. The number of hydrogen-bond donors (Lipinski definition) is 2. The normalized spacial score (nSPS) is 16.5. The SMILES string of the molecule is CCC(O)CCNC(=O)c1cc2c(s1)CCCCC2. The van der Waals surface area contributed by atoms with Crippen molar-refractivity contribution in [3.63, 3.8) is 0 Å². The number of carbonyl (C=O) groups is 1. The van der Waals surface area contributed by atoms with Crippen molar-refractivity contribution in [2.45, 2.75) is 58.0 Å². The molecule has 3 nitrogen and oxygen atoms in total. The maximum atomic E-state index is 12.0. The minimum Gasteiger partial charge on any atom is -0.393 e. The molecule has 0 aliphatic heterocycles. The van der Waals surface area contributed by atoms with Gasteiger partial charge in [0, 0.05) is 11.4 Å². The lowest BCUT2D eigenvalue weighted by Crippen LogP contribution is -2.26. The third kappa shape index (κ3) is 4.05. The highest BCUT2D eigenvalue weighted by molar-refractivity contribution is 7.14. The molecule has 106 valence electrons. The van der Waals surface area contributed by atoms with Crippen molar-refractivity contribution < 1.29 is 9.90 Å². The zero-order valence-electron chi connectivity index (χ0n) is 11.6. The van der Waals surface area contributed by atoms with E-state index < -0.39 is 0 Å². The van der Waals surface area contributed by atoms with Crippen molar-refractivity contribution in [3.8, 4) is 0 Å². The van der Waals surface area contributed by atoms with E-state index in [1.54, 1.807) is 11.3 Å². The van der Waals surface area contributed by atoms with Crippen LogP contribution < -0.4 is 5.32 Å². The molecule has 0 fully saturated rings. The van der Waals surface area contributed by atoms with Gasteiger partial charge in [-0.15, -0.1) is 11.3 Å². The third-order valence-corrected chi connectivity index (χ3v) is 4.94. The second-order valence-corrected chi connectivity index (χ2v) is 6.36. The van der Waals surface area contributed by atoms with Crippen molar-refractivity contribution in [3.05, 3.63) is 21.4 Å². The first-order valence-electron chi connectivity index (χ1n) is 7.28. The molecular weight excluding hydrogens is 258 g/mol. The smallest absolute Gasteiger partial charge is 0.261 e. The Kier molecular flexibility index (Phi) is 5.40. The largest absolute Gasteiger partial charge is 0.393 e. The number of carbonyl (C=O) groups excluding carboxylic acids is 1. The average molecular weight is 281 g/mol. The molecule has 1 unspecified atom stereocenters. The molecule has 1 aromatic rings. The molecule has 1 aliphatic carbocycles. The molecule has 0 spiro atoms. The molecule has 0 bridgehead atoms. The lowest BCUT2D eigenvalue weighted by Gasteiger charge is -2.07. The van der Waals surface area contributed by atoms with E-state index in [0.717, 1.165) is 24.1 Å². The molecule has 0 radical (unpaired) electrons. The van der Waals surface area contributed by atoms with Crippen LogP contribution in [0.2, 0.25) is 0 Å². The summed E-state index contributed by atoms with van der Waals surface area (Å²) in [5.41, 5.74) is 1.38. The van der Waals surface area contributed by atoms with E-state index in [2.05, 4.69) is 11.4 Å². The molecular formula is C15H23NO2S. The maximum Gasteiger partial charge on any atom is 0.261 e. The summed E-state index contributed by atoms with van der Waals surface area (Å²) in [5.74, 6) is 0.0152. The zero-order chi connectivity index (χ0) is 13.7. The topological polar surface area (TPSA) is 49.3 Å². The van der Waals surface area contributed by atoms with Gasteiger partial charge in [-0.25, -0.2) is 0 Å². The van der Waals surface area contributed by atoms with Crippen molar-refractivity contribution >= 4 is 17.2 Å². The Bertz CT molecular complexity index is 404. The Balaban J connectivity index is 1.89. The summed E-state index contributed by atoms with van der Waals surface area (Å²) in [6.45, 7) is 2.50. The third-order valence-electron chi connectivity index (χ3n) is 3.70. The lowest BCUT2D eigenvalue weighted by molar-refractivity contribution is 0.0946. The number of aliphatic hydroxyl groups excluding tert-OH is 1. The van der Waals surface area contributed by atoms with Crippen molar-refractivity contribution in [1.82, 2.24) is 5.32 Å². The number of aliphatic hydroxyl groups is 1. The van der Waals surface area contributed by atoms with Crippen LogP contribution in [0.5, 0.6) is 0 Å². The van der Waals surface area contributed by atoms with Gasteiger partial charge in [0.05, 0.1) is 11.0 Å². The van der Waals surface area contributed by atoms with Crippen LogP contribution in [0.1, 0.15) is 59.1 Å². The highest BCUT2D eigenvalue weighted by Crippen LogP contribution is 2.28. The predicted octanol–water partition coefficient (Wildman–Crippen LogP) is 2.91. The standard InChI is InChI=1S/C15H23NO2S/c1-2-12(17)8-9-16-15(18)14-10-11-6-4-3-5-7-13(11)19-14/h10,12,17H,2-9H2,1H3,(H,16,18). The van der Waals surface area contributed by atoms with E-state index in [1.165, 1.54) is 29.7 Å². The molecule has 0 saturated heterocycles. The quantitative estimate of drug-likeness (QED) is 0.815. The Hall–Kier alpha value is -0.870. The number of hydrogen-bond acceptors (Lipinski definition) is 3. The molecule has 1 atom stereocenters. The van der Waals surface area contributed by atoms with Gasteiger partial charge in [0.1, 0.15) is 0 Å². The van der Waals surface area contributed by atoms with Gasteiger partial charge < -0.3 is 10.4 Å². The fourth-order valence-electron chi connectivity index (χ4n) is 2.42. The maximum absolute atomic E-state index is 12.0. The van der Waals surface area contributed by atoms with E-state index in [1.807, 2.05) is 6.92 Å². The van der Waals surface area contributed by atoms with E-state index >= 15 is 0 Å². The van der Waals surface area contributed by atoms with E-state index in [4.69, 9.17) is 0 Å². The molecule has 2 N–H and O–H groups in total. The van der Waals surface area contributed by atoms with E-state index in [-0.39, 0.29) is 12.0 Å². The van der Waals surface area contributed by atoms with Gasteiger partial charge in [0.25, 0.3) is 5.91 Å². The van der Waals surface area contributed by atoms with Gasteiger partial charge in [0.15, 0.2) is 0 Å². The van der Waals surface area contributed by atoms with Gasteiger partial charge >= 0.3 is 0 Å². The van der Waals surface area contributed by atoms with Crippen LogP contribution in [-0.2, 0) is 12.8 Å². The Labute approximate surface area is 119 Å². The molecule has 1 heterocycles. The minimum absolute atomic E-state index is 0.0152. The minimum atomic E-state index is -0.305. The Morgan fingerprint density at radius 1 is 1.42 bits per heavy atom. The van der Waals surface area contributed by atoms with Crippen molar-refractivity contribution in [2.24, 2.45) is 0 Å². The highest BCUT2D eigenvalue weighted by Gasteiger charge is 2.16. The van der Waals surface area contributed by atoms with E-state index in [0.29, 0.717) is 13.0 Å². The van der Waals surface area contributed by atoms with Crippen LogP contribution in [0.3, 0.4) is 0 Å². The van der Waals surface area contributed by atoms with Gasteiger partial charge in [-0.3, -0.25) is 4.79 Å². The Morgan fingerprint density at radius 3 is 3.00 bits per heavy atom. The first-order chi connectivity index (χ1) is 9.20. The van der Waals surface area contributed by atoms with Crippen LogP contribution in [-0.4, -0.2) is 23.7 Å². The van der Waals surface area contributed by atoms with Crippen LogP contribution in [0, 0.1) is 0 Å². The number of aryl methyl sites for hydroxylation is 2. The summed E-state index contributed by atoms with van der Waals surface area (Å²) >= 11 is 1.65. The zero-order valence-corrected chi connectivity index (χ0v) is 12.4. The predicted molar refractivity (Wildman–Crippen MR) is 78.8 cm³/mol. The number of thiophene rings is 1. The molecule has 2 rings (SSSR count). The lowest BCUT2D eigenvalue weighted by atomic mass is 10.1. The van der Waals surface area contributed by atoms with E-state index in [9.17, 15) is 9.90 Å². The fraction of sp³-hybridized carbons (Fsp3) is 0.667.